The normalized spacial score (nSPS) is 18.2. The van der Waals surface area contributed by atoms with E-state index in [1.807, 2.05) is 30.0 Å². The number of benzene rings is 1. The summed E-state index contributed by atoms with van der Waals surface area (Å²) in [7, 11) is 0. The number of carbonyl (C=O) groups excluding carboxylic acids is 1. The van der Waals surface area contributed by atoms with Crippen LogP contribution in [0, 0.1) is 0 Å². The average Bonchev–Trinajstić information content (AvgIpc) is 3.50. The second-order valence-electron chi connectivity index (χ2n) is 6.93. The lowest BCUT2D eigenvalue weighted by Gasteiger charge is -2.27. The monoisotopic (exact) mass is 431 g/mol. The zero-order valence-electron chi connectivity index (χ0n) is 15.8. The molecule has 3 heterocycles. The minimum atomic E-state index is 0.0259. The molecule has 1 aromatic heterocycles. The van der Waals surface area contributed by atoms with Gasteiger partial charge in [-0.25, -0.2) is 0 Å². The Morgan fingerprint density at radius 2 is 2.07 bits per heavy atom. The molecule has 1 aromatic carbocycles. The summed E-state index contributed by atoms with van der Waals surface area (Å²) >= 11 is 5.33. The third kappa shape index (κ3) is 5.00. The molecular weight excluding hydrogens is 406 g/mol. The van der Waals surface area contributed by atoms with Crippen molar-refractivity contribution in [2.75, 3.05) is 31.9 Å². The van der Waals surface area contributed by atoms with E-state index in [1.54, 1.807) is 23.1 Å². The van der Waals surface area contributed by atoms with Gasteiger partial charge in [-0.2, -0.15) is 0 Å². The SMILES string of the molecule is O=C(NCC(c1cccs1)N1CCCC1)c1ccccc1CSC1=NCCS1. The number of likely N-dealkylation sites (tertiary alicyclic amines) is 1. The minimum absolute atomic E-state index is 0.0259. The number of amides is 1. The van der Waals surface area contributed by atoms with Crippen LogP contribution in [0.3, 0.4) is 0 Å². The minimum Gasteiger partial charge on any atom is -0.350 e. The van der Waals surface area contributed by atoms with Gasteiger partial charge < -0.3 is 5.32 Å². The largest absolute Gasteiger partial charge is 0.350 e. The predicted octanol–water partition coefficient (Wildman–Crippen LogP) is 4.65. The molecule has 1 amide bonds. The Morgan fingerprint density at radius 3 is 2.82 bits per heavy atom. The van der Waals surface area contributed by atoms with Gasteiger partial charge in [-0.3, -0.25) is 14.7 Å². The Hall–Kier alpha value is -1.28. The summed E-state index contributed by atoms with van der Waals surface area (Å²) in [5, 5.41) is 5.34. The van der Waals surface area contributed by atoms with Crippen LogP contribution in [-0.4, -0.2) is 47.1 Å². The van der Waals surface area contributed by atoms with Gasteiger partial charge in [0, 0.05) is 28.5 Å². The van der Waals surface area contributed by atoms with Crippen LogP contribution in [0.5, 0.6) is 0 Å². The molecule has 148 valence electrons. The van der Waals surface area contributed by atoms with Crippen molar-refractivity contribution in [3.8, 4) is 0 Å². The van der Waals surface area contributed by atoms with E-state index in [0.29, 0.717) is 6.54 Å². The summed E-state index contributed by atoms with van der Waals surface area (Å²) < 4.78 is 1.14. The van der Waals surface area contributed by atoms with Gasteiger partial charge in [-0.1, -0.05) is 47.8 Å². The Balaban J connectivity index is 1.41. The molecule has 0 saturated carbocycles. The first kappa shape index (κ1) is 20.0. The van der Waals surface area contributed by atoms with Gasteiger partial charge in [0.05, 0.1) is 12.6 Å². The van der Waals surface area contributed by atoms with Crippen LogP contribution in [0.1, 0.15) is 39.7 Å². The highest BCUT2D eigenvalue weighted by molar-refractivity contribution is 8.38. The maximum Gasteiger partial charge on any atom is 0.251 e. The standard InChI is InChI=1S/C21H25N3OS3/c25-20(17-7-2-1-6-16(17)15-28-21-22-9-13-27-21)23-14-18(19-8-5-12-26-19)24-10-3-4-11-24/h1-2,5-8,12,18H,3-4,9-11,13-15H2,(H,23,25). The van der Waals surface area contributed by atoms with Gasteiger partial charge in [-0.15, -0.1) is 11.3 Å². The van der Waals surface area contributed by atoms with Gasteiger partial charge in [-0.05, 0) is 49.0 Å². The third-order valence-electron chi connectivity index (χ3n) is 5.08. The first-order valence-corrected chi connectivity index (χ1v) is 12.6. The molecule has 1 saturated heterocycles. The zero-order valence-corrected chi connectivity index (χ0v) is 18.3. The van der Waals surface area contributed by atoms with Crippen molar-refractivity contribution in [3.63, 3.8) is 0 Å². The number of hydrogen-bond acceptors (Lipinski definition) is 6. The molecule has 1 fully saturated rings. The topological polar surface area (TPSA) is 44.7 Å². The van der Waals surface area contributed by atoms with E-state index in [0.717, 1.165) is 46.6 Å². The second-order valence-corrected chi connectivity index (χ2v) is 10.2. The van der Waals surface area contributed by atoms with Gasteiger partial charge in [0.2, 0.25) is 0 Å². The number of thioether (sulfide) groups is 2. The highest BCUT2D eigenvalue weighted by Crippen LogP contribution is 2.29. The summed E-state index contributed by atoms with van der Waals surface area (Å²) in [6, 6.07) is 12.5. The molecule has 0 aliphatic carbocycles. The molecule has 2 aliphatic rings. The lowest BCUT2D eigenvalue weighted by atomic mass is 10.1. The number of rotatable bonds is 7. The Labute approximate surface area is 179 Å². The maximum absolute atomic E-state index is 13.0. The summed E-state index contributed by atoms with van der Waals surface area (Å²) in [6.07, 6.45) is 2.50. The molecule has 7 heteroatoms. The molecule has 4 rings (SSSR count). The van der Waals surface area contributed by atoms with Crippen molar-refractivity contribution in [3.05, 3.63) is 57.8 Å². The molecule has 2 aromatic rings. The van der Waals surface area contributed by atoms with E-state index in [2.05, 4.69) is 38.8 Å². The van der Waals surface area contributed by atoms with Gasteiger partial charge in [0.1, 0.15) is 4.38 Å². The molecule has 1 atom stereocenters. The number of thiophene rings is 1. The summed E-state index contributed by atoms with van der Waals surface area (Å²) in [4.78, 5) is 21.3. The van der Waals surface area contributed by atoms with E-state index in [1.165, 1.54) is 17.7 Å². The van der Waals surface area contributed by atoms with E-state index >= 15 is 0 Å². The van der Waals surface area contributed by atoms with Crippen molar-refractivity contribution in [2.45, 2.75) is 24.6 Å². The van der Waals surface area contributed by atoms with Crippen LogP contribution in [0.2, 0.25) is 0 Å². The second kappa shape index (κ2) is 9.96. The lowest BCUT2D eigenvalue weighted by molar-refractivity contribution is 0.0937. The van der Waals surface area contributed by atoms with Crippen LogP contribution >= 0.6 is 34.9 Å². The average molecular weight is 432 g/mol. The summed E-state index contributed by atoms with van der Waals surface area (Å²) in [6.45, 7) is 3.80. The van der Waals surface area contributed by atoms with Crippen molar-refractivity contribution in [1.82, 2.24) is 10.2 Å². The molecule has 0 bridgehead atoms. The number of hydrogen-bond donors (Lipinski definition) is 1. The number of nitrogens with one attached hydrogen (secondary N) is 1. The Bertz CT molecular complexity index is 816. The Morgan fingerprint density at radius 1 is 1.21 bits per heavy atom. The zero-order chi connectivity index (χ0) is 19.2. The lowest BCUT2D eigenvalue weighted by Crippen LogP contribution is -2.36. The summed E-state index contributed by atoms with van der Waals surface area (Å²) in [5.74, 6) is 1.89. The molecule has 0 spiro atoms. The van der Waals surface area contributed by atoms with E-state index in [4.69, 9.17) is 0 Å². The smallest absolute Gasteiger partial charge is 0.251 e. The first-order chi connectivity index (χ1) is 13.8. The van der Waals surface area contributed by atoms with Crippen molar-refractivity contribution in [1.29, 1.82) is 0 Å². The molecular formula is C21H25N3OS3. The maximum atomic E-state index is 13.0. The van der Waals surface area contributed by atoms with Crippen molar-refractivity contribution >= 4 is 45.1 Å². The highest BCUT2D eigenvalue weighted by Gasteiger charge is 2.25. The van der Waals surface area contributed by atoms with Crippen LogP contribution in [0.4, 0.5) is 0 Å². The van der Waals surface area contributed by atoms with Gasteiger partial charge >= 0.3 is 0 Å². The molecule has 2 aliphatic heterocycles. The van der Waals surface area contributed by atoms with Crippen LogP contribution < -0.4 is 5.32 Å². The van der Waals surface area contributed by atoms with Crippen LogP contribution in [-0.2, 0) is 5.75 Å². The molecule has 0 radical (unpaired) electrons. The number of nitrogens with zero attached hydrogens (tertiary/aromatic N) is 2. The fraction of sp³-hybridized carbons (Fsp3) is 0.429. The number of carbonyl (C=O) groups is 1. The molecule has 1 N–H and O–H groups in total. The van der Waals surface area contributed by atoms with Crippen LogP contribution in [0.15, 0.2) is 46.8 Å². The quantitative estimate of drug-likeness (QED) is 0.693. The predicted molar refractivity (Wildman–Crippen MR) is 123 cm³/mol. The molecule has 28 heavy (non-hydrogen) atoms. The van der Waals surface area contributed by atoms with E-state index in [9.17, 15) is 4.79 Å². The highest BCUT2D eigenvalue weighted by atomic mass is 32.2. The molecule has 4 nitrogen and oxygen atoms in total. The van der Waals surface area contributed by atoms with Crippen molar-refractivity contribution < 1.29 is 4.79 Å². The fourth-order valence-electron chi connectivity index (χ4n) is 3.64. The molecule has 1 unspecified atom stereocenters. The summed E-state index contributed by atoms with van der Waals surface area (Å²) in [5.41, 5.74) is 1.86. The van der Waals surface area contributed by atoms with E-state index < -0.39 is 0 Å². The number of aliphatic imine (C=N–C) groups is 1. The van der Waals surface area contributed by atoms with Gasteiger partial charge in [0.15, 0.2) is 0 Å². The van der Waals surface area contributed by atoms with Crippen molar-refractivity contribution in [2.24, 2.45) is 4.99 Å². The first-order valence-electron chi connectivity index (χ1n) is 9.75. The van der Waals surface area contributed by atoms with E-state index in [-0.39, 0.29) is 11.9 Å². The van der Waals surface area contributed by atoms with Gasteiger partial charge in [0.25, 0.3) is 5.91 Å². The third-order valence-corrected chi connectivity index (χ3v) is 8.35. The fourth-order valence-corrected chi connectivity index (χ4v) is 6.51. The van der Waals surface area contributed by atoms with Crippen LogP contribution in [0.25, 0.3) is 0 Å². The Kier molecular flexibility index (Phi) is 7.12.